The molecule has 98 valence electrons. The van der Waals surface area contributed by atoms with E-state index < -0.39 is 18.5 Å². The van der Waals surface area contributed by atoms with Crippen molar-refractivity contribution in [1.29, 1.82) is 0 Å². The Morgan fingerprint density at radius 3 is 2.56 bits per heavy atom. The van der Waals surface area contributed by atoms with Crippen molar-refractivity contribution in [3.63, 3.8) is 0 Å². The molecule has 2 N–H and O–H groups in total. The second-order valence-electron chi connectivity index (χ2n) is 3.34. The van der Waals surface area contributed by atoms with Crippen LogP contribution in [0, 0.1) is 0 Å². The summed E-state index contributed by atoms with van der Waals surface area (Å²) in [5, 5.41) is 0. The Balaban J connectivity index is 2.62. The van der Waals surface area contributed by atoms with E-state index in [2.05, 4.69) is 4.74 Å². The van der Waals surface area contributed by atoms with Gasteiger partial charge in [0.05, 0.1) is 25.0 Å². The molecule has 0 aliphatic carbocycles. The third kappa shape index (κ3) is 3.65. The number of nitrogen functional groups attached to an aromatic ring is 1. The van der Waals surface area contributed by atoms with E-state index in [1.165, 1.54) is 19.2 Å². The smallest absolute Gasteiger partial charge is 0.344 e. The lowest BCUT2D eigenvalue weighted by Gasteiger charge is -2.07. The van der Waals surface area contributed by atoms with E-state index in [9.17, 15) is 9.59 Å². The van der Waals surface area contributed by atoms with Crippen LogP contribution in [0.2, 0.25) is 0 Å². The van der Waals surface area contributed by atoms with Crippen molar-refractivity contribution in [2.45, 2.75) is 6.92 Å². The number of ether oxygens (including phenoxy) is 3. The molecule has 0 saturated heterocycles. The first-order chi connectivity index (χ1) is 8.58. The highest BCUT2D eigenvalue weighted by Gasteiger charge is 2.12. The first kappa shape index (κ1) is 13.8. The van der Waals surface area contributed by atoms with Gasteiger partial charge in [-0.15, -0.1) is 0 Å². The highest BCUT2D eigenvalue weighted by atomic mass is 16.6. The summed E-state index contributed by atoms with van der Waals surface area (Å²) in [5.74, 6) is -0.762. The Morgan fingerprint density at radius 2 is 2.00 bits per heavy atom. The maximum Gasteiger partial charge on any atom is 0.344 e. The molecule has 0 radical (unpaired) electrons. The molecule has 1 rings (SSSR count). The van der Waals surface area contributed by atoms with Crippen molar-refractivity contribution in [3.05, 3.63) is 23.8 Å². The average molecular weight is 253 g/mol. The zero-order chi connectivity index (χ0) is 13.5. The minimum absolute atomic E-state index is 0.242. The number of carbonyl (C=O) groups excluding carboxylic acids is 2. The molecule has 0 heterocycles. The lowest BCUT2D eigenvalue weighted by atomic mass is 10.2. The third-order valence-electron chi connectivity index (χ3n) is 2.09. The van der Waals surface area contributed by atoms with Crippen LogP contribution < -0.4 is 10.5 Å². The van der Waals surface area contributed by atoms with Crippen LogP contribution >= 0.6 is 0 Å². The summed E-state index contributed by atoms with van der Waals surface area (Å²) < 4.78 is 14.3. The van der Waals surface area contributed by atoms with E-state index in [-0.39, 0.29) is 12.2 Å². The number of hydrogen-bond donors (Lipinski definition) is 1. The number of carbonyl (C=O) groups is 2. The molecule has 0 bridgehead atoms. The second kappa shape index (κ2) is 6.48. The maximum absolute atomic E-state index is 11.6. The van der Waals surface area contributed by atoms with Gasteiger partial charge >= 0.3 is 11.9 Å². The van der Waals surface area contributed by atoms with Crippen LogP contribution in [0.3, 0.4) is 0 Å². The monoisotopic (exact) mass is 253 g/mol. The summed E-state index contributed by atoms with van der Waals surface area (Å²) in [7, 11) is 1.48. The molecule has 0 aliphatic heterocycles. The molecule has 1 aromatic carbocycles. The van der Waals surface area contributed by atoms with Crippen molar-refractivity contribution in [1.82, 2.24) is 0 Å². The van der Waals surface area contributed by atoms with Gasteiger partial charge in [0, 0.05) is 0 Å². The van der Waals surface area contributed by atoms with Crippen LogP contribution in [0.5, 0.6) is 5.75 Å². The van der Waals surface area contributed by atoms with Crippen LogP contribution in [-0.4, -0.2) is 32.3 Å². The van der Waals surface area contributed by atoms with Crippen molar-refractivity contribution >= 4 is 17.6 Å². The van der Waals surface area contributed by atoms with Gasteiger partial charge < -0.3 is 19.9 Å². The molecule has 6 heteroatoms. The Labute approximate surface area is 105 Å². The minimum atomic E-state index is -0.641. The van der Waals surface area contributed by atoms with E-state index >= 15 is 0 Å². The molecule has 0 aromatic heterocycles. The number of hydrogen-bond acceptors (Lipinski definition) is 6. The Kier molecular flexibility index (Phi) is 4.98. The van der Waals surface area contributed by atoms with Crippen LogP contribution in [0.4, 0.5) is 5.69 Å². The van der Waals surface area contributed by atoms with Gasteiger partial charge in [0.1, 0.15) is 5.75 Å². The number of benzene rings is 1. The van der Waals surface area contributed by atoms with Gasteiger partial charge in [-0.05, 0) is 25.1 Å². The summed E-state index contributed by atoms with van der Waals surface area (Å²) >= 11 is 0. The van der Waals surface area contributed by atoms with Gasteiger partial charge in [-0.1, -0.05) is 0 Å². The number of rotatable bonds is 5. The summed E-state index contributed by atoms with van der Waals surface area (Å²) in [6.45, 7) is 1.49. The SMILES string of the molecule is CCOC(=O)COC(=O)c1ccc(OC)c(N)c1. The first-order valence-corrected chi connectivity index (χ1v) is 5.34. The van der Waals surface area contributed by atoms with Gasteiger partial charge in [-0.2, -0.15) is 0 Å². The fourth-order valence-electron chi connectivity index (χ4n) is 1.27. The van der Waals surface area contributed by atoms with E-state index in [1.54, 1.807) is 13.0 Å². The Morgan fingerprint density at radius 1 is 1.28 bits per heavy atom. The van der Waals surface area contributed by atoms with Crippen LogP contribution in [-0.2, 0) is 14.3 Å². The molecule has 0 spiro atoms. The molecular formula is C12H15NO5. The number of methoxy groups -OCH3 is 1. The van der Waals surface area contributed by atoms with Gasteiger partial charge in [0.25, 0.3) is 0 Å². The van der Waals surface area contributed by atoms with E-state index in [0.717, 1.165) is 0 Å². The lowest BCUT2D eigenvalue weighted by Crippen LogP contribution is -2.16. The molecule has 0 saturated carbocycles. The molecule has 0 atom stereocenters. The van der Waals surface area contributed by atoms with E-state index in [4.69, 9.17) is 15.2 Å². The average Bonchev–Trinajstić information content (AvgIpc) is 2.36. The second-order valence-corrected chi connectivity index (χ2v) is 3.34. The fraction of sp³-hybridized carbons (Fsp3) is 0.333. The van der Waals surface area contributed by atoms with E-state index in [0.29, 0.717) is 11.4 Å². The predicted molar refractivity (Wildman–Crippen MR) is 64.3 cm³/mol. The quantitative estimate of drug-likeness (QED) is 0.622. The van der Waals surface area contributed by atoms with Gasteiger partial charge in [-0.3, -0.25) is 0 Å². The van der Waals surface area contributed by atoms with Crippen molar-refractivity contribution < 1.29 is 23.8 Å². The van der Waals surface area contributed by atoms with Crippen LogP contribution in [0.1, 0.15) is 17.3 Å². The molecule has 0 amide bonds. The normalized spacial score (nSPS) is 9.67. The van der Waals surface area contributed by atoms with Gasteiger partial charge in [-0.25, -0.2) is 9.59 Å². The Hall–Kier alpha value is -2.24. The van der Waals surface area contributed by atoms with Gasteiger partial charge in [0.15, 0.2) is 6.61 Å². The first-order valence-electron chi connectivity index (χ1n) is 5.34. The molecule has 6 nitrogen and oxygen atoms in total. The van der Waals surface area contributed by atoms with Crippen LogP contribution in [0.15, 0.2) is 18.2 Å². The molecule has 0 aliphatic rings. The van der Waals surface area contributed by atoms with Crippen molar-refractivity contribution in [2.24, 2.45) is 0 Å². The third-order valence-corrected chi connectivity index (χ3v) is 2.09. The van der Waals surface area contributed by atoms with Gasteiger partial charge in [0.2, 0.25) is 0 Å². The number of anilines is 1. The fourth-order valence-corrected chi connectivity index (χ4v) is 1.27. The van der Waals surface area contributed by atoms with Crippen molar-refractivity contribution in [2.75, 3.05) is 26.1 Å². The summed E-state index contributed by atoms with van der Waals surface area (Å²) in [4.78, 5) is 22.6. The Bertz CT molecular complexity index is 444. The molecule has 0 fully saturated rings. The maximum atomic E-state index is 11.6. The molecular weight excluding hydrogens is 238 g/mol. The molecule has 18 heavy (non-hydrogen) atoms. The summed E-state index contributed by atoms with van der Waals surface area (Å²) in [6.07, 6.45) is 0. The standard InChI is InChI=1S/C12H15NO5/c1-3-17-11(14)7-18-12(15)8-4-5-10(16-2)9(13)6-8/h4-6H,3,7,13H2,1-2H3. The molecule has 0 unspecified atom stereocenters. The summed E-state index contributed by atoms with van der Waals surface area (Å²) in [6, 6.07) is 4.48. The topological polar surface area (TPSA) is 87.8 Å². The number of nitrogens with two attached hydrogens (primary N) is 1. The molecule has 1 aromatic rings. The lowest BCUT2D eigenvalue weighted by molar-refractivity contribution is -0.146. The number of esters is 2. The largest absolute Gasteiger partial charge is 0.495 e. The highest BCUT2D eigenvalue weighted by Crippen LogP contribution is 2.22. The van der Waals surface area contributed by atoms with E-state index in [1.807, 2.05) is 0 Å². The highest BCUT2D eigenvalue weighted by molar-refractivity contribution is 5.92. The minimum Gasteiger partial charge on any atom is -0.495 e. The zero-order valence-corrected chi connectivity index (χ0v) is 10.3. The summed E-state index contributed by atoms with van der Waals surface area (Å²) in [5.41, 5.74) is 6.22. The predicted octanol–water partition coefficient (Wildman–Crippen LogP) is 0.997. The zero-order valence-electron chi connectivity index (χ0n) is 10.3. The van der Waals surface area contributed by atoms with Crippen LogP contribution in [0.25, 0.3) is 0 Å². The van der Waals surface area contributed by atoms with Crippen molar-refractivity contribution in [3.8, 4) is 5.75 Å².